The van der Waals surface area contributed by atoms with Crippen molar-refractivity contribution in [1.29, 1.82) is 0 Å². The summed E-state index contributed by atoms with van der Waals surface area (Å²) >= 11 is 0. The van der Waals surface area contributed by atoms with Crippen LogP contribution in [0.15, 0.2) is 42.6 Å². The van der Waals surface area contributed by atoms with Crippen LogP contribution in [-0.2, 0) is 11.3 Å². The summed E-state index contributed by atoms with van der Waals surface area (Å²) in [7, 11) is 0. The largest absolute Gasteiger partial charge is 0.369 e. The van der Waals surface area contributed by atoms with Gasteiger partial charge in [0.15, 0.2) is 0 Å². The minimum atomic E-state index is -0.554. The van der Waals surface area contributed by atoms with Crippen LogP contribution in [0.2, 0.25) is 0 Å². The van der Waals surface area contributed by atoms with Gasteiger partial charge in [-0.2, -0.15) is 5.10 Å². The maximum Gasteiger partial charge on any atom is 0.224 e. The van der Waals surface area contributed by atoms with Gasteiger partial charge >= 0.3 is 0 Å². The Kier molecular flexibility index (Phi) is 4.20. The predicted octanol–water partition coefficient (Wildman–Crippen LogP) is 1.47. The number of para-hydroxylation sites is 1. The maximum absolute atomic E-state index is 11.2. The van der Waals surface area contributed by atoms with Crippen molar-refractivity contribution in [2.75, 3.05) is 6.54 Å². The smallest absolute Gasteiger partial charge is 0.224 e. The molecule has 0 bridgehead atoms. The highest BCUT2D eigenvalue weighted by atomic mass is 16.1. The molecule has 0 aliphatic heterocycles. The molecule has 0 unspecified atom stereocenters. The molecular formula is C15H20N4O. The van der Waals surface area contributed by atoms with E-state index in [2.05, 4.69) is 10.4 Å². The van der Waals surface area contributed by atoms with E-state index in [1.807, 2.05) is 61.1 Å². The maximum atomic E-state index is 11.2. The number of nitrogens with one attached hydrogen (secondary N) is 1. The molecule has 0 spiro atoms. The molecule has 1 heterocycles. The molecule has 2 aromatic rings. The van der Waals surface area contributed by atoms with Crippen molar-refractivity contribution in [2.24, 2.45) is 11.1 Å². The second-order valence-corrected chi connectivity index (χ2v) is 5.44. The van der Waals surface area contributed by atoms with Gasteiger partial charge in [0, 0.05) is 19.3 Å². The van der Waals surface area contributed by atoms with Crippen LogP contribution in [0.1, 0.15) is 19.5 Å². The van der Waals surface area contributed by atoms with E-state index in [1.54, 1.807) is 0 Å². The van der Waals surface area contributed by atoms with Gasteiger partial charge in [0.1, 0.15) is 0 Å². The zero-order valence-corrected chi connectivity index (χ0v) is 11.8. The van der Waals surface area contributed by atoms with Gasteiger partial charge in [-0.1, -0.05) is 18.2 Å². The number of nitrogens with zero attached hydrogens (tertiary/aromatic N) is 2. The van der Waals surface area contributed by atoms with E-state index in [-0.39, 0.29) is 5.91 Å². The number of hydrogen-bond donors (Lipinski definition) is 2. The van der Waals surface area contributed by atoms with Crippen molar-refractivity contribution < 1.29 is 4.79 Å². The topological polar surface area (TPSA) is 72.9 Å². The number of carbonyl (C=O) groups is 1. The molecule has 1 amide bonds. The van der Waals surface area contributed by atoms with Crippen LogP contribution in [0.5, 0.6) is 0 Å². The molecule has 3 N–H and O–H groups in total. The van der Waals surface area contributed by atoms with E-state index in [9.17, 15) is 4.79 Å². The average Bonchev–Trinajstić information content (AvgIpc) is 2.88. The lowest BCUT2D eigenvalue weighted by molar-refractivity contribution is -0.125. The predicted molar refractivity (Wildman–Crippen MR) is 78.2 cm³/mol. The Morgan fingerprint density at radius 3 is 2.65 bits per heavy atom. The molecule has 0 radical (unpaired) electrons. The Balaban J connectivity index is 1.93. The molecule has 1 aromatic heterocycles. The first-order valence-corrected chi connectivity index (χ1v) is 6.60. The summed E-state index contributed by atoms with van der Waals surface area (Å²) in [5.74, 6) is -0.306. The molecule has 1 aromatic carbocycles. The number of rotatable bonds is 6. The Morgan fingerprint density at radius 1 is 1.30 bits per heavy atom. The van der Waals surface area contributed by atoms with Crippen molar-refractivity contribution in [3.8, 4) is 5.69 Å². The second kappa shape index (κ2) is 5.88. The van der Waals surface area contributed by atoms with Crippen molar-refractivity contribution in [3.63, 3.8) is 0 Å². The molecule has 0 saturated heterocycles. The summed E-state index contributed by atoms with van der Waals surface area (Å²) in [6, 6.07) is 11.9. The fourth-order valence-corrected chi connectivity index (χ4v) is 1.77. The van der Waals surface area contributed by atoms with E-state index in [1.165, 1.54) is 0 Å². The number of amides is 1. The summed E-state index contributed by atoms with van der Waals surface area (Å²) in [6.45, 7) is 4.78. The molecule has 0 fully saturated rings. The van der Waals surface area contributed by atoms with Crippen LogP contribution < -0.4 is 11.1 Å². The first-order chi connectivity index (χ1) is 9.49. The van der Waals surface area contributed by atoms with Gasteiger partial charge in [0.25, 0.3) is 0 Å². The van der Waals surface area contributed by atoms with E-state index >= 15 is 0 Å². The first-order valence-electron chi connectivity index (χ1n) is 6.60. The Hall–Kier alpha value is -2.14. The number of nitrogens with two attached hydrogens (primary N) is 1. The van der Waals surface area contributed by atoms with Gasteiger partial charge in [-0.05, 0) is 32.0 Å². The number of hydrogen-bond acceptors (Lipinski definition) is 3. The molecule has 20 heavy (non-hydrogen) atoms. The molecular weight excluding hydrogens is 252 g/mol. The lowest BCUT2D eigenvalue weighted by Gasteiger charge is -2.20. The van der Waals surface area contributed by atoms with E-state index in [0.29, 0.717) is 13.1 Å². The van der Waals surface area contributed by atoms with Crippen LogP contribution >= 0.6 is 0 Å². The summed E-state index contributed by atoms with van der Waals surface area (Å²) < 4.78 is 1.83. The van der Waals surface area contributed by atoms with Crippen LogP contribution in [0.4, 0.5) is 0 Å². The summed E-state index contributed by atoms with van der Waals surface area (Å²) in [5, 5.41) is 7.69. The highest BCUT2D eigenvalue weighted by Crippen LogP contribution is 2.12. The zero-order valence-electron chi connectivity index (χ0n) is 11.8. The van der Waals surface area contributed by atoms with E-state index in [4.69, 9.17) is 5.73 Å². The second-order valence-electron chi connectivity index (χ2n) is 5.44. The van der Waals surface area contributed by atoms with Crippen molar-refractivity contribution in [1.82, 2.24) is 15.1 Å². The number of carbonyl (C=O) groups excluding carboxylic acids is 1. The molecule has 2 rings (SSSR count). The summed E-state index contributed by atoms with van der Waals surface area (Å²) in [6.07, 6.45) is 1.92. The van der Waals surface area contributed by atoms with Crippen molar-refractivity contribution >= 4 is 5.91 Å². The molecule has 0 saturated carbocycles. The normalized spacial score (nSPS) is 11.5. The average molecular weight is 272 g/mol. The van der Waals surface area contributed by atoms with Crippen LogP contribution in [0.25, 0.3) is 5.69 Å². The highest BCUT2D eigenvalue weighted by Gasteiger charge is 2.24. The third kappa shape index (κ3) is 3.45. The fraction of sp³-hybridized carbons (Fsp3) is 0.333. The Bertz CT molecular complexity index is 575. The number of aromatic nitrogens is 2. The van der Waals surface area contributed by atoms with E-state index < -0.39 is 5.41 Å². The van der Waals surface area contributed by atoms with Gasteiger partial charge in [-0.3, -0.25) is 4.79 Å². The Morgan fingerprint density at radius 2 is 2.00 bits per heavy atom. The van der Waals surface area contributed by atoms with Gasteiger partial charge in [0.05, 0.1) is 16.8 Å². The van der Waals surface area contributed by atoms with Gasteiger partial charge in [0.2, 0.25) is 5.91 Å². The number of primary amides is 1. The van der Waals surface area contributed by atoms with Crippen LogP contribution in [-0.4, -0.2) is 22.2 Å². The quantitative estimate of drug-likeness (QED) is 0.836. The minimum Gasteiger partial charge on any atom is -0.369 e. The Labute approximate surface area is 118 Å². The highest BCUT2D eigenvalue weighted by molar-refractivity contribution is 5.80. The molecule has 5 nitrogen and oxygen atoms in total. The van der Waals surface area contributed by atoms with Gasteiger partial charge < -0.3 is 11.1 Å². The molecule has 5 heteroatoms. The molecule has 106 valence electrons. The van der Waals surface area contributed by atoms with Crippen LogP contribution in [0.3, 0.4) is 0 Å². The lowest BCUT2D eigenvalue weighted by atomic mass is 9.93. The third-order valence-corrected chi connectivity index (χ3v) is 3.21. The third-order valence-electron chi connectivity index (χ3n) is 3.21. The zero-order chi connectivity index (χ0) is 14.6. The van der Waals surface area contributed by atoms with Crippen LogP contribution in [0, 0.1) is 5.41 Å². The summed E-state index contributed by atoms with van der Waals surface area (Å²) in [5.41, 5.74) is 6.73. The SMILES string of the molecule is CC(C)(CNCc1ccn(-c2ccccc2)n1)C(N)=O. The van der Waals surface area contributed by atoms with Gasteiger partial charge in [-0.15, -0.1) is 0 Å². The monoisotopic (exact) mass is 272 g/mol. The molecule has 0 aliphatic carbocycles. The van der Waals surface area contributed by atoms with E-state index in [0.717, 1.165) is 11.4 Å². The summed E-state index contributed by atoms with van der Waals surface area (Å²) in [4.78, 5) is 11.2. The van der Waals surface area contributed by atoms with Crippen molar-refractivity contribution in [2.45, 2.75) is 20.4 Å². The fourth-order valence-electron chi connectivity index (χ4n) is 1.77. The van der Waals surface area contributed by atoms with Crippen molar-refractivity contribution in [3.05, 3.63) is 48.3 Å². The molecule has 0 aliphatic rings. The van der Waals surface area contributed by atoms with Gasteiger partial charge in [-0.25, -0.2) is 4.68 Å². The number of benzene rings is 1. The standard InChI is InChI=1S/C15H20N4O/c1-15(2,14(16)20)11-17-10-12-8-9-19(18-12)13-6-4-3-5-7-13/h3-9,17H,10-11H2,1-2H3,(H2,16,20). The molecule has 0 atom stereocenters. The first kappa shape index (κ1) is 14.3. The minimum absolute atomic E-state index is 0.306. The lowest BCUT2D eigenvalue weighted by Crippen LogP contribution is -2.40.